The van der Waals surface area contributed by atoms with Gasteiger partial charge in [-0.05, 0) is 19.4 Å². The normalized spacial score (nSPS) is 13.9. The third kappa shape index (κ3) is 6.61. The summed E-state index contributed by atoms with van der Waals surface area (Å²) in [4.78, 5) is 20.2. The fraction of sp³-hybridized carbons (Fsp3) is 0.316. The highest BCUT2D eigenvalue weighted by Gasteiger charge is 2.16. The Morgan fingerprint density at radius 2 is 1.93 bits per heavy atom. The van der Waals surface area contributed by atoms with E-state index in [0.717, 1.165) is 17.2 Å². The van der Waals surface area contributed by atoms with Crippen LogP contribution in [0.25, 0.3) is 0 Å². The number of aromatic nitrogens is 2. The average molecular weight is 424 g/mol. The van der Waals surface area contributed by atoms with E-state index in [9.17, 15) is 13.2 Å². The summed E-state index contributed by atoms with van der Waals surface area (Å²) in [5.74, 6) is -0.151. The van der Waals surface area contributed by atoms with E-state index in [2.05, 4.69) is 15.3 Å². The van der Waals surface area contributed by atoms with Crippen LogP contribution in [-0.4, -0.2) is 36.6 Å². The van der Waals surface area contributed by atoms with Gasteiger partial charge in [0.2, 0.25) is 5.82 Å². The van der Waals surface area contributed by atoms with Gasteiger partial charge in [0.15, 0.2) is 15.6 Å². The van der Waals surface area contributed by atoms with Crippen molar-refractivity contribution in [3.05, 3.63) is 64.6 Å². The monoisotopic (exact) mass is 423 g/mol. The van der Waals surface area contributed by atoms with Crippen molar-refractivity contribution in [2.24, 2.45) is 0 Å². The summed E-state index contributed by atoms with van der Waals surface area (Å²) in [6, 6.07) is 6.93. The van der Waals surface area contributed by atoms with Crippen LogP contribution in [0.5, 0.6) is 5.75 Å². The van der Waals surface area contributed by atoms with Crippen molar-refractivity contribution in [1.29, 1.82) is 0 Å². The van der Waals surface area contributed by atoms with Gasteiger partial charge in [0.05, 0.1) is 12.4 Å². The molecule has 0 bridgehead atoms. The highest BCUT2D eigenvalue weighted by molar-refractivity contribution is 7.93. The van der Waals surface area contributed by atoms with Crippen LogP contribution in [0.4, 0.5) is 0 Å². The van der Waals surface area contributed by atoms with Crippen molar-refractivity contribution in [2.75, 3.05) is 6.26 Å². The number of carbonyl (C=O) groups excluding carboxylic acids is 1. The number of halogens is 1. The minimum atomic E-state index is -3.25. The maximum atomic E-state index is 12.2. The SMILES string of the molecule is CCC(Oc1cnc(C(=O)N[C@H](C)/C=C/S(C)(=O)=O)nc1)c1ccccc1Cl. The number of amides is 1. The summed E-state index contributed by atoms with van der Waals surface area (Å²) < 4.78 is 28.1. The predicted molar refractivity (Wildman–Crippen MR) is 108 cm³/mol. The van der Waals surface area contributed by atoms with Gasteiger partial charge in [-0.1, -0.05) is 42.8 Å². The Balaban J connectivity index is 2.03. The van der Waals surface area contributed by atoms with Crippen LogP contribution in [0.1, 0.15) is 42.6 Å². The summed E-state index contributed by atoms with van der Waals surface area (Å²) >= 11 is 6.23. The minimum Gasteiger partial charge on any atom is -0.482 e. The van der Waals surface area contributed by atoms with Gasteiger partial charge < -0.3 is 10.1 Å². The minimum absolute atomic E-state index is 0.0438. The van der Waals surface area contributed by atoms with Gasteiger partial charge in [0, 0.05) is 28.3 Å². The zero-order valence-corrected chi connectivity index (χ0v) is 17.4. The van der Waals surface area contributed by atoms with E-state index in [0.29, 0.717) is 17.2 Å². The van der Waals surface area contributed by atoms with Gasteiger partial charge in [-0.3, -0.25) is 4.79 Å². The number of rotatable bonds is 8. The molecule has 0 saturated heterocycles. The number of benzene rings is 1. The second kappa shape index (κ2) is 9.66. The first kappa shape index (κ1) is 21.8. The molecule has 0 aliphatic rings. The van der Waals surface area contributed by atoms with E-state index in [1.807, 2.05) is 25.1 Å². The average Bonchev–Trinajstić information content (AvgIpc) is 2.65. The van der Waals surface area contributed by atoms with Crippen molar-refractivity contribution >= 4 is 27.3 Å². The van der Waals surface area contributed by atoms with Crippen LogP contribution in [0.15, 0.2) is 48.1 Å². The van der Waals surface area contributed by atoms with Crippen LogP contribution < -0.4 is 10.1 Å². The zero-order chi connectivity index (χ0) is 20.7. The number of nitrogens with one attached hydrogen (secondary N) is 1. The molecule has 9 heteroatoms. The molecule has 1 amide bonds. The first-order chi connectivity index (χ1) is 13.2. The molecule has 2 atom stereocenters. The van der Waals surface area contributed by atoms with Crippen LogP contribution in [-0.2, 0) is 9.84 Å². The summed E-state index contributed by atoms with van der Waals surface area (Å²) in [7, 11) is -3.25. The maximum Gasteiger partial charge on any atom is 0.289 e. The number of sulfone groups is 1. The fourth-order valence-corrected chi connectivity index (χ4v) is 3.12. The van der Waals surface area contributed by atoms with Crippen LogP contribution in [0.3, 0.4) is 0 Å². The standard InChI is InChI=1S/C19H22ClN3O4S/c1-4-17(15-7-5-6-8-16(15)20)27-14-11-21-18(22-12-14)19(24)23-13(2)9-10-28(3,25)26/h5-13,17H,4H2,1-3H3,(H,23,24)/b10-9+/t13-,17?/m1/s1. The van der Waals surface area contributed by atoms with Crippen molar-refractivity contribution in [3.8, 4) is 5.75 Å². The second-order valence-electron chi connectivity index (χ2n) is 6.20. The van der Waals surface area contributed by atoms with Crippen LogP contribution in [0.2, 0.25) is 5.02 Å². The number of nitrogens with zero attached hydrogens (tertiary/aromatic N) is 2. The molecule has 0 fully saturated rings. The lowest BCUT2D eigenvalue weighted by atomic mass is 10.1. The first-order valence-electron chi connectivity index (χ1n) is 8.62. The topological polar surface area (TPSA) is 98.2 Å². The summed E-state index contributed by atoms with van der Waals surface area (Å²) in [6.07, 6.45) is 5.71. The smallest absolute Gasteiger partial charge is 0.289 e. The highest BCUT2D eigenvalue weighted by Crippen LogP contribution is 2.29. The van der Waals surface area contributed by atoms with Gasteiger partial charge in [0.25, 0.3) is 5.91 Å². The molecule has 2 rings (SSSR count). The van der Waals surface area contributed by atoms with E-state index in [1.54, 1.807) is 13.0 Å². The maximum absolute atomic E-state index is 12.2. The molecule has 1 N–H and O–H groups in total. The molecule has 28 heavy (non-hydrogen) atoms. The summed E-state index contributed by atoms with van der Waals surface area (Å²) in [5, 5.41) is 4.25. The highest BCUT2D eigenvalue weighted by atomic mass is 35.5. The van der Waals surface area contributed by atoms with Gasteiger partial charge in [-0.25, -0.2) is 18.4 Å². The summed E-state index contributed by atoms with van der Waals surface area (Å²) in [5.41, 5.74) is 0.861. The van der Waals surface area contributed by atoms with Gasteiger partial charge in [0.1, 0.15) is 6.10 Å². The Bertz CT molecular complexity index is 946. The lowest BCUT2D eigenvalue weighted by molar-refractivity contribution is 0.0936. The van der Waals surface area contributed by atoms with Gasteiger partial charge in [-0.15, -0.1) is 0 Å². The van der Waals surface area contributed by atoms with E-state index in [-0.39, 0.29) is 11.9 Å². The summed E-state index contributed by atoms with van der Waals surface area (Å²) in [6.45, 7) is 3.62. The Morgan fingerprint density at radius 3 is 2.50 bits per heavy atom. The van der Waals surface area contributed by atoms with Gasteiger partial charge in [-0.2, -0.15) is 0 Å². The number of hydrogen-bond donors (Lipinski definition) is 1. The molecule has 150 valence electrons. The van der Waals surface area contributed by atoms with Crippen LogP contribution in [0, 0.1) is 0 Å². The second-order valence-corrected chi connectivity index (χ2v) is 8.54. The van der Waals surface area contributed by atoms with Crippen molar-refractivity contribution in [2.45, 2.75) is 32.4 Å². The molecule has 0 radical (unpaired) electrons. The Kier molecular flexibility index (Phi) is 7.53. The third-order valence-corrected chi connectivity index (χ3v) is 4.70. The molecule has 0 saturated carbocycles. The number of carbonyl (C=O) groups is 1. The number of ether oxygens (including phenoxy) is 1. The zero-order valence-electron chi connectivity index (χ0n) is 15.8. The Morgan fingerprint density at radius 1 is 1.29 bits per heavy atom. The lowest BCUT2D eigenvalue weighted by Gasteiger charge is -2.18. The van der Waals surface area contributed by atoms with Crippen molar-refractivity contribution in [1.82, 2.24) is 15.3 Å². The Hall–Kier alpha value is -2.45. The molecule has 1 aromatic carbocycles. The molecule has 0 spiro atoms. The molecule has 2 aromatic rings. The lowest BCUT2D eigenvalue weighted by Crippen LogP contribution is -2.32. The molecule has 1 unspecified atom stereocenters. The quantitative estimate of drug-likeness (QED) is 0.699. The van der Waals surface area contributed by atoms with E-state index < -0.39 is 21.8 Å². The van der Waals surface area contributed by atoms with Gasteiger partial charge >= 0.3 is 0 Å². The molecular formula is C19H22ClN3O4S. The van der Waals surface area contributed by atoms with E-state index in [4.69, 9.17) is 16.3 Å². The third-order valence-electron chi connectivity index (χ3n) is 3.71. The van der Waals surface area contributed by atoms with Crippen molar-refractivity contribution < 1.29 is 17.9 Å². The molecule has 0 aliphatic carbocycles. The fourth-order valence-electron chi connectivity index (χ4n) is 2.34. The number of hydrogen-bond acceptors (Lipinski definition) is 6. The first-order valence-corrected chi connectivity index (χ1v) is 10.9. The molecule has 1 heterocycles. The van der Waals surface area contributed by atoms with E-state index in [1.165, 1.54) is 18.5 Å². The molecule has 7 nitrogen and oxygen atoms in total. The van der Waals surface area contributed by atoms with Crippen LogP contribution >= 0.6 is 11.6 Å². The largest absolute Gasteiger partial charge is 0.482 e. The van der Waals surface area contributed by atoms with Crippen molar-refractivity contribution in [3.63, 3.8) is 0 Å². The molecular weight excluding hydrogens is 402 g/mol. The van der Waals surface area contributed by atoms with E-state index >= 15 is 0 Å². The molecule has 0 aliphatic heterocycles. The predicted octanol–water partition coefficient (Wildman–Crippen LogP) is 3.34. The molecule has 1 aromatic heterocycles. The Labute approximate surface area is 169 Å².